The highest BCUT2D eigenvalue weighted by Gasteiger charge is 2.34. The number of piperidine rings is 1. The summed E-state index contributed by atoms with van der Waals surface area (Å²) in [4.78, 5) is 0.383. The molecule has 2 unspecified atom stereocenters. The number of rotatable bonds is 3. The molecule has 0 radical (unpaired) electrons. The zero-order valence-electron chi connectivity index (χ0n) is 12.5. The molecule has 1 aliphatic rings. The van der Waals surface area contributed by atoms with Gasteiger partial charge in [0.25, 0.3) is 0 Å². The SMILES string of the molecule is Cc1ccc(S(=O)(=O)N2CCC(C)CC2CN)cc1C. The molecule has 0 saturated carbocycles. The van der Waals surface area contributed by atoms with Gasteiger partial charge in [0, 0.05) is 19.1 Å². The molecule has 0 amide bonds. The predicted octanol–water partition coefficient (Wildman–Crippen LogP) is 2.05. The predicted molar refractivity (Wildman–Crippen MR) is 81.0 cm³/mol. The lowest BCUT2D eigenvalue weighted by atomic mass is 9.94. The largest absolute Gasteiger partial charge is 0.329 e. The minimum Gasteiger partial charge on any atom is -0.329 e. The van der Waals surface area contributed by atoms with Gasteiger partial charge in [-0.3, -0.25) is 0 Å². The molecule has 1 saturated heterocycles. The summed E-state index contributed by atoms with van der Waals surface area (Å²) >= 11 is 0. The molecule has 2 atom stereocenters. The van der Waals surface area contributed by atoms with E-state index in [2.05, 4.69) is 6.92 Å². The van der Waals surface area contributed by atoms with E-state index in [0.29, 0.717) is 23.9 Å². The van der Waals surface area contributed by atoms with Gasteiger partial charge in [-0.15, -0.1) is 0 Å². The van der Waals surface area contributed by atoms with E-state index < -0.39 is 10.0 Å². The normalized spacial score (nSPS) is 24.8. The molecule has 1 heterocycles. The average molecular weight is 296 g/mol. The van der Waals surface area contributed by atoms with Crippen molar-refractivity contribution in [3.05, 3.63) is 29.3 Å². The lowest BCUT2D eigenvalue weighted by molar-refractivity contribution is 0.211. The summed E-state index contributed by atoms with van der Waals surface area (Å²) in [5.74, 6) is 0.537. The van der Waals surface area contributed by atoms with Gasteiger partial charge < -0.3 is 5.73 Å². The standard InChI is InChI=1S/C15H24N2O2S/c1-11-6-7-17(14(8-11)10-16)20(18,19)15-5-4-12(2)13(3)9-15/h4-5,9,11,14H,6-8,10,16H2,1-3H3. The van der Waals surface area contributed by atoms with Gasteiger partial charge in [0.05, 0.1) is 4.90 Å². The van der Waals surface area contributed by atoms with Gasteiger partial charge in [0.2, 0.25) is 10.0 Å². The summed E-state index contributed by atoms with van der Waals surface area (Å²) in [5.41, 5.74) is 7.88. The first-order valence-corrected chi connectivity index (χ1v) is 8.59. The minimum absolute atomic E-state index is 0.0784. The number of aryl methyl sites for hydroxylation is 2. The van der Waals surface area contributed by atoms with Crippen LogP contribution < -0.4 is 5.73 Å². The van der Waals surface area contributed by atoms with Crippen molar-refractivity contribution >= 4 is 10.0 Å². The summed E-state index contributed by atoms with van der Waals surface area (Å²) < 4.78 is 27.2. The Balaban J connectivity index is 2.35. The van der Waals surface area contributed by atoms with Gasteiger partial charge in [-0.1, -0.05) is 13.0 Å². The number of nitrogens with two attached hydrogens (primary N) is 1. The van der Waals surface area contributed by atoms with Crippen LogP contribution in [0.3, 0.4) is 0 Å². The number of benzene rings is 1. The molecule has 20 heavy (non-hydrogen) atoms. The molecular formula is C15H24N2O2S. The van der Waals surface area contributed by atoms with Crippen molar-refractivity contribution in [2.75, 3.05) is 13.1 Å². The summed E-state index contributed by atoms with van der Waals surface area (Å²) in [5, 5.41) is 0. The van der Waals surface area contributed by atoms with Crippen molar-refractivity contribution in [3.8, 4) is 0 Å². The Kier molecular flexibility index (Phi) is 4.52. The summed E-state index contributed by atoms with van der Waals surface area (Å²) in [6.07, 6.45) is 1.75. The third-order valence-corrected chi connectivity index (χ3v) is 6.23. The molecule has 2 rings (SSSR count). The van der Waals surface area contributed by atoms with E-state index in [4.69, 9.17) is 5.73 Å². The number of nitrogens with zero attached hydrogens (tertiary/aromatic N) is 1. The Labute approximate surface area is 122 Å². The third kappa shape index (κ3) is 2.90. The fourth-order valence-corrected chi connectivity index (χ4v) is 4.52. The van der Waals surface area contributed by atoms with E-state index in [0.717, 1.165) is 24.0 Å². The number of hydrogen-bond donors (Lipinski definition) is 1. The molecule has 1 aromatic carbocycles. The Morgan fingerprint density at radius 2 is 2.00 bits per heavy atom. The Morgan fingerprint density at radius 3 is 2.60 bits per heavy atom. The molecule has 1 fully saturated rings. The Morgan fingerprint density at radius 1 is 1.30 bits per heavy atom. The highest BCUT2D eigenvalue weighted by molar-refractivity contribution is 7.89. The molecule has 4 nitrogen and oxygen atoms in total. The molecule has 112 valence electrons. The first-order chi connectivity index (χ1) is 9.36. The summed E-state index contributed by atoms with van der Waals surface area (Å²) in [7, 11) is -3.43. The van der Waals surface area contributed by atoms with Gasteiger partial charge in [-0.05, 0) is 55.9 Å². The van der Waals surface area contributed by atoms with Crippen molar-refractivity contribution in [1.29, 1.82) is 0 Å². The topological polar surface area (TPSA) is 63.4 Å². The summed E-state index contributed by atoms with van der Waals surface area (Å²) in [6.45, 7) is 7.03. The maximum atomic E-state index is 12.8. The maximum Gasteiger partial charge on any atom is 0.243 e. The average Bonchev–Trinajstić information content (AvgIpc) is 2.41. The van der Waals surface area contributed by atoms with Crippen molar-refractivity contribution in [1.82, 2.24) is 4.31 Å². The number of sulfonamides is 1. The molecule has 1 aromatic rings. The van der Waals surface area contributed by atoms with Crippen LogP contribution in [0.15, 0.2) is 23.1 Å². The first kappa shape index (κ1) is 15.5. The second-order valence-corrected chi connectivity index (χ2v) is 7.77. The molecular weight excluding hydrogens is 272 g/mol. The zero-order chi connectivity index (χ0) is 14.9. The Bertz CT molecular complexity index is 584. The van der Waals surface area contributed by atoms with E-state index in [1.807, 2.05) is 19.9 Å². The smallest absolute Gasteiger partial charge is 0.243 e. The lowest BCUT2D eigenvalue weighted by Crippen LogP contribution is -2.49. The van der Waals surface area contributed by atoms with Crippen molar-refractivity contribution < 1.29 is 8.42 Å². The van der Waals surface area contributed by atoms with Crippen LogP contribution in [0.1, 0.15) is 30.9 Å². The highest BCUT2D eigenvalue weighted by atomic mass is 32.2. The molecule has 0 spiro atoms. The van der Waals surface area contributed by atoms with Gasteiger partial charge in [0.1, 0.15) is 0 Å². The van der Waals surface area contributed by atoms with Gasteiger partial charge in [-0.25, -0.2) is 8.42 Å². The maximum absolute atomic E-state index is 12.8. The second-order valence-electron chi connectivity index (χ2n) is 5.88. The van der Waals surface area contributed by atoms with E-state index in [-0.39, 0.29) is 6.04 Å². The molecule has 0 aliphatic carbocycles. The lowest BCUT2D eigenvalue weighted by Gasteiger charge is -2.36. The van der Waals surface area contributed by atoms with Crippen LogP contribution in [-0.2, 0) is 10.0 Å². The van der Waals surface area contributed by atoms with E-state index in [1.165, 1.54) is 0 Å². The fourth-order valence-electron chi connectivity index (χ4n) is 2.77. The van der Waals surface area contributed by atoms with Crippen LogP contribution >= 0.6 is 0 Å². The van der Waals surface area contributed by atoms with Crippen LogP contribution in [0.2, 0.25) is 0 Å². The van der Waals surface area contributed by atoms with Crippen LogP contribution in [0, 0.1) is 19.8 Å². The molecule has 1 aliphatic heterocycles. The highest BCUT2D eigenvalue weighted by Crippen LogP contribution is 2.28. The van der Waals surface area contributed by atoms with Crippen LogP contribution in [0.5, 0.6) is 0 Å². The minimum atomic E-state index is -3.43. The van der Waals surface area contributed by atoms with Crippen LogP contribution in [0.4, 0.5) is 0 Å². The van der Waals surface area contributed by atoms with Crippen molar-refractivity contribution in [2.24, 2.45) is 11.7 Å². The first-order valence-electron chi connectivity index (χ1n) is 7.15. The van der Waals surface area contributed by atoms with Gasteiger partial charge in [0.15, 0.2) is 0 Å². The van der Waals surface area contributed by atoms with E-state index in [1.54, 1.807) is 16.4 Å². The molecule has 2 N–H and O–H groups in total. The molecule has 5 heteroatoms. The van der Waals surface area contributed by atoms with Crippen molar-refractivity contribution in [3.63, 3.8) is 0 Å². The second kappa shape index (κ2) is 5.84. The monoisotopic (exact) mass is 296 g/mol. The quantitative estimate of drug-likeness (QED) is 0.928. The van der Waals surface area contributed by atoms with E-state index >= 15 is 0 Å². The van der Waals surface area contributed by atoms with Crippen LogP contribution in [0.25, 0.3) is 0 Å². The molecule has 0 bridgehead atoms. The van der Waals surface area contributed by atoms with Gasteiger partial charge >= 0.3 is 0 Å². The fraction of sp³-hybridized carbons (Fsp3) is 0.600. The third-order valence-electron chi connectivity index (χ3n) is 4.28. The zero-order valence-corrected chi connectivity index (χ0v) is 13.3. The Hall–Kier alpha value is -0.910. The van der Waals surface area contributed by atoms with Crippen molar-refractivity contribution in [2.45, 2.75) is 44.6 Å². The van der Waals surface area contributed by atoms with E-state index in [9.17, 15) is 8.42 Å². The van der Waals surface area contributed by atoms with Crippen LogP contribution in [-0.4, -0.2) is 31.9 Å². The van der Waals surface area contributed by atoms with Gasteiger partial charge in [-0.2, -0.15) is 4.31 Å². The number of hydrogen-bond acceptors (Lipinski definition) is 3. The molecule has 0 aromatic heterocycles. The summed E-state index contributed by atoms with van der Waals surface area (Å²) in [6, 6.07) is 5.25.